The molecule has 3 heterocycles. The van der Waals surface area contributed by atoms with Gasteiger partial charge in [-0.1, -0.05) is 60.3 Å². The Morgan fingerprint density at radius 2 is 1.69 bits per heavy atom. The zero-order valence-corrected chi connectivity index (χ0v) is 19.7. The maximum absolute atomic E-state index is 12.6. The minimum atomic E-state index is 0.0135. The molecule has 8 nitrogen and oxygen atoms in total. The summed E-state index contributed by atoms with van der Waals surface area (Å²) in [4.78, 5) is 16.7. The lowest BCUT2D eigenvalue weighted by Crippen LogP contribution is -2.04. The Morgan fingerprint density at radius 3 is 2.43 bits per heavy atom. The molecule has 2 aromatic carbocycles. The van der Waals surface area contributed by atoms with E-state index in [0.717, 1.165) is 22.5 Å². The molecule has 0 aliphatic carbocycles. The third-order valence-corrected chi connectivity index (χ3v) is 6.17. The summed E-state index contributed by atoms with van der Waals surface area (Å²) in [7, 11) is 0. The smallest absolute Gasteiger partial charge is 0.212 e. The van der Waals surface area contributed by atoms with Crippen LogP contribution in [0.15, 0.2) is 102 Å². The lowest BCUT2D eigenvalue weighted by atomic mass is 10.2. The number of pyridine rings is 1. The van der Waals surface area contributed by atoms with Gasteiger partial charge >= 0.3 is 0 Å². The van der Waals surface area contributed by atoms with Crippen molar-refractivity contribution < 1.29 is 4.79 Å². The van der Waals surface area contributed by atoms with Crippen molar-refractivity contribution in [3.63, 3.8) is 0 Å². The first-order valence-corrected chi connectivity index (χ1v) is 11.9. The van der Waals surface area contributed by atoms with Gasteiger partial charge in [-0.25, -0.2) is 4.68 Å². The number of para-hydroxylation sites is 1. The van der Waals surface area contributed by atoms with Crippen molar-refractivity contribution in [3.8, 4) is 17.1 Å². The van der Waals surface area contributed by atoms with Gasteiger partial charge in [0.15, 0.2) is 11.6 Å². The summed E-state index contributed by atoms with van der Waals surface area (Å²) in [5.74, 6) is 0.796. The van der Waals surface area contributed by atoms with E-state index in [1.54, 1.807) is 35.4 Å². The first-order chi connectivity index (χ1) is 17.2. The summed E-state index contributed by atoms with van der Waals surface area (Å²) in [5, 5.41) is 18.5. The zero-order chi connectivity index (χ0) is 24.0. The van der Waals surface area contributed by atoms with Crippen LogP contribution in [0.25, 0.3) is 17.1 Å². The van der Waals surface area contributed by atoms with Crippen molar-refractivity contribution in [1.82, 2.24) is 29.6 Å². The number of benzene rings is 2. The maximum Gasteiger partial charge on any atom is 0.212 e. The molecule has 9 heteroatoms. The molecule has 172 valence electrons. The van der Waals surface area contributed by atoms with Crippen LogP contribution in [-0.4, -0.2) is 47.4 Å². The average molecular weight is 480 g/mol. The Bertz CT molecular complexity index is 1460. The minimum absolute atomic E-state index is 0.0135. The largest absolute Gasteiger partial charge is 0.293 e. The first-order valence-electron chi connectivity index (χ1n) is 10.9. The van der Waals surface area contributed by atoms with Crippen LogP contribution in [0.1, 0.15) is 21.6 Å². The molecular weight excluding hydrogens is 458 g/mol. The summed E-state index contributed by atoms with van der Waals surface area (Å²) >= 11 is 1.30. The number of hydrogen-bond donors (Lipinski definition) is 0. The highest BCUT2D eigenvalue weighted by molar-refractivity contribution is 7.99. The number of carbonyl (C=O) groups excluding carboxylic acids is 1. The lowest BCUT2D eigenvalue weighted by molar-refractivity contribution is 0.102. The number of Topliss-reactive ketones (excluding diaryl/α,β-unsaturated/α-hetero) is 1. The minimum Gasteiger partial charge on any atom is -0.293 e. The number of aryl methyl sites for hydroxylation is 1. The second-order valence-electron chi connectivity index (χ2n) is 7.63. The average Bonchev–Trinajstić information content (AvgIpc) is 3.50. The standard InChI is InChI=1S/C26H21N7OS/c1-19-22(17-32(31-19)23-10-6-3-7-11-23)16-28-33-25(21-12-14-27-15-13-21)29-30-26(33)35-18-24(34)20-8-4-2-5-9-20/h2-17H,18H2,1H3. The van der Waals surface area contributed by atoms with Crippen LogP contribution in [-0.2, 0) is 0 Å². The lowest BCUT2D eigenvalue weighted by Gasteiger charge is -2.04. The number of carbonyl (C=O) groups is 1. The SMILES string of the molecule is Cc1nn(-c2ccccc2)cc1C=Nn1c(SCC(=O)c2ccccc2)nnc1-c1ccncc1. The molecule has 0 amide bonds. The highest BCUT2D eigenvalue weighted by Crippen LogP contribution is 2.24. The van der Waals surface area contributed by atoms with Crippen molar-refractivity contribution in [1.29, 1.82) is 0 Å². The topological polar surface area (TPSA) is 90.8 Å². The number of thioether (sulfide) groups is 1. The van der Waals surface area contributed by atoms with Gasteiger partial charge in [-0.05, 0) is 31.2 Å². The Balaban J connectivity index is 1.45. The summed E-state index contributed by atoms with van der Waals surface area (Å²) in [6.07, 6.45) is 7.05. The first kappa shape index (κ1) is 22.4. The Morgan fingerprint density at radius 1 is 0.971 bits per heavy atom. The molecular formula is C26H21N7OS. The fourth-order valence-electron chi connectivity index (χ4n) is 3.41. The maximum atomic E-state index is 12.6. The van der Waals surface area contributed by atoms with E-state index in [0.29, 0.717) is 16.5 Å². The van der Waals surface area contributed by atoms with Crippen molar-refractivity contribution in [2.75, 3.05) is 5.75 Å². The van der Waals surface area contributed by atoms with Crippen LogP contribution in [0, 0.1) is 6.92 Å². The van der Waals surface area contributed by atoms with Crippen LogP contribution in [0.4, 0.5) is 0 Å². The molecule has 0 radical (unpaired) electrons. The molecule has 0 bridgehead atoms. The van der Waals surface area contributed by atoms with E-state index in [1.165, 1.54) is 11.8 Å². The van der Waals surface area contributed by atoms with Crippen molar-refractivity contribution in [2.45, 2.75) is 12.1 Å². The fourth-order valence-corrected chi connectivity index (χ4v) is 4.19. The molecule has 0 unspecified atom stereocenters. The highest BCUT2D eigenvalue weighted by Gasteiger charge is 2.16. The molecule has 0 spiro atoms. The van der Waals surface area contributed by atoms with Crippen LogP contribution in [0.5, 0.6) is 0 Å². The van der Waals surface area contributed by atoms with Crippen LogP contribution < -0.4 is 0 Å². The van der Waals surface area contributed by atoms with Gasteiger partial charge in [-0.3, -0.25) is 9.78 Å². The summed E-state index contributed by atoms with van der Waals surface area (Å²) < 4.78 is 3.47. The van der Waals surface area contributed by atoms with Gasteiger partial charge in [-0.2, -0.15) is 14.9 Å². The van der Waals surface area contributed by atoms with Crippen LogP contribution in [0.3, 0.4) is 0 Å². The van der Waals surface area contributed by atoms with Gasteiger partial charge in [0.2, 0.25) is 5.16 Å². The van der Waals surface area contributed by atoms with Crippen molar-refractivity contribution >= 4 is 23.8 Å². The van der Waals surface area contributed by atoms with Crippen molar-refractivity contribution in [2.24, 2.45) is 5.10 Å². The molecule has 0 saturated heterocycles. The summed E-state index contributed by atoms with van der Waals surface area (Å²) in [6.45, 7) is 1.94. The van der Waals surface area contributed by atoms with Crippen molar-refractivity contribution in [3.05, 3.63) is 108 Å². The summed E-state index contributed by atoms with van der Waals surface area (Å²) in [6, 6.07) is 22.8. The Kier molecular flexibility index (Phi) is 6.58. The Labute approximate surface area is 206 Å². The van der Waals surface area contributed by atoms with Crippen LogP contribution in [0.2, 0.25) is 0 Å². The van der Waals surface area contributed by atoms with Gasteiger partial charge in [0.05, 0.1) is 23.3 Å². The number of aromatic nitrogens is 6. The van der Waals surface area contributed by atoms with Gasteiger partial charge in [-0.15, -0.1) is 10.2 Å². The molecule has 0 aliphatic heterocycles. The second-order valence-corrected chi connectivity index (χ2v) is 8.57. The molecule has 0 N–H and O–H groups in total. The number of nitrogens with zero attached hydrogens (tertiary/aromatic N) is 7. The number of ketones is 1. The number of hydrogen-bond acceptors (Lipinski definition) is 7. The highest BCUT2D eigenvalue weighted by atomic mass is 32.2. The van der Waals surface area contributed by atoms with E-state index >= 15 is 0 Å². The van der Waals surface area contributed by atoms with Gasteiger partial charge in [0, 0.05) is 35.3 Å². The molecule has 0 aliphatic rings. The number of rotatable bonds is 8. The second kappa shape index (κ2) is 10.3. The normalized spacial score (nSPS) is 11.2. The quantitative estimate of drug-likeness (QED) is 0.182. The van der Waals surface area contributed by atoms with E-state index in [2.05, 4.69) is 20.3 Å². The van der Waals surface area contributed by atoms with E-state index < -0.39 is 0 Å². The van der Waals surface area contributed by atoms with E-state index in [1.807, 2.05) is 78.5 Å². The van der Waals surface area contributed by atoms with E-state index in [4.69, 9.17) is 5.10 Å². The van der Waals surface area contributed by atoms with E-state index in [-0.39, 0.29) is 11.5 Å². The molecule has 0 atom stereocenters. The van der Waals surface area contributed by atoms with Crippen LogP contribution >= 0.6 is 11.8 Å². The third kappa shape index (κ3) is 5.10. The predicted molar refractivity (Wildman–Crippen MR) is 136 cm³/mol. The van der Waals surface area contributed by atoms with Gasteiger partial charge in [0.25, 0.3) is 0 Å². The third-order valence-electron chi connectivity index (χ3n) is 5.25. The molecule has 0 fully saturated rings. The Hall–Kier alpha value is -4.37. The molecule has 3 aromatic heterocycles. The summed E-state index contributed by atoms with van der Waals surface area (Å²) in [5.41, 5.74) is 4.15. The van der Waals surface area contributed by atoms with Gasteiger partial charge in [0.1, 0.15) is 0 Å². The molecule has 35 heavy (non-hydrogen) atoms. The molecule has 0 saturated carbocycles. The van der Waals surface area contributed by atoms with E-state index in [9.17, 15) is 4.79 Å². The predicted octanol–water partition coefficient (Wildman–Crippen LogP) is 4.69. The fraction of sp³-hybridized carbons (Fsp3) is 0.0769. The molecule has 5 aromatic rings. The zero-order valence-electron chi connectivity index (χ0n) is 18.9. The monoisotopic (exact) mass is 479 g/mol. The van der Waals surface area contributed by atoms with Gasteiger partial charge < -0.3 is 0 Å². The molecule has 5 rings (SSSR count).